The minimum absolute atomic E-state index is 0.0422. The number of carbonyl (C=O) groups excluding carboxylic acids is 1. The van der Waals surface area contributed by atoms with E-state index in [-0.39, 0.29) is 18.1 Å². The van der Waals surface area contributed by atoms with Crippen molar-refractivity contribution in [1.82, 2.24) is 5.32 Å². The Balaban J connectivity index is 2.37. The van der Waals surface area contributed by atoms with Gasteiger partial charge in [-0.2, -0.15) is 11.8 Å². The second kappa shape index (κ2) is 7.22. The van der Waals surface area contributed by atoms with E-state index in [1.807, 2.05) is 6.07 Å². The van der Waals surface area contributed by atoms with Crippen LogP contribution >= 0.6 is 11.8 Å². The number of nitrogens with one attached hydrogen (secondary N) is 1. The summed E-state index contributed by atoms with van der Waals surface area (Å²) in [5.74, 6) is 1.65. The van der Waals surface area contributed by atoms with Crippen LogP contribution in [0.25, 0.3) is 0 Å². The predicted molar refractivity (Wildman–Crippen MR) is 72.4 cm³/mol. The molecule has 94 valence electrons. The molecule has 1 atom stereocenters. The van der Waals surface area contributed by atoms with Crippen LogP contribution in [0, 0.1) is 5.92 Å². The fraction of sp³-hybridized carbons (Fsp3) is 0.462. The Labute approximate surface area is 107 Å². The van der Waals surface area contributed by atoms with Crippen LogP contribution in [0.1, 0.15) is 12.5 Å². The monoisotopic (exact) mass is 253 g/mol. The molecule has 1 aromatic carbocycles. The van der Waals surface area contributed by atoms with Gasteiger partial charge in [-0.05, 0) is 24.0 Å². The predicted octanol–water partition coefficient (Wildman–Crippen LogP) is 2.05. The molecular weight excluding hydrogens is 234 g/mol. The quantitative estimate of drug-likeness (QED) is 0.816. The molecule has 0 fully saturated rings. The van der Waals surface area contributed by atoms with Crippen LogP contribution in [0.5, 0.6) is 5.75 Å². The molecule has 2 N–H and O–H groups in total. The summed E-state index contributed by atoms with van der Waals surface area (Å²) in [5.41, 5.74) is 0.669. The fourth-order valence-electron chi connectivity index (χ4n) is 1.53. The second-order valence-corrected chi connectivity index (χ2v) is 5.08. The Hall–Kier alpha value is -1.16. The number of rotatable bonds is 6. The van der Waals surface area contributed by atoms with Crippen molar-refractivity contribution in [3.63, 3.8) is 0 Å². The van der Waals surface area contributed by atoms with E-state index in [4.69, 9.17) is 0 Å². The SMILES string of the molecule is CSCC(C)CNC(=O)Cc1ccccc1O. The standard InChI is InChI=1S/C13H19NO2S/c1-10(9-17-2)8-14-13(16)7-11-5-3-4-6-12(11)15/h3-6,10,15H,7-9H2,1-2H3,(H,14,16). The molecule has 0 aromatic heterocycles. The third-order valence-electron chi connectivity index (χ3n) is 2.44. The average molecular weight is 253 g/mol. The van der Waals surface area contributed by atoms with Gasteiger partial charge < -0.3 is 10.4 Å². The Kier molecular flexibility index (Phi) is 5.91. The molecular formula is C13H19NO2S. The molecule has 1 amide bonds. The Morgan fingerprint density at radius 2 is 2.18 bits per heavy atom. The summed E-state index contributed by atoms with van der Waals surface area (Å²) >= 11 is 1.78. The van der Waals surface area contributed by atoms with Gasteiger partial charge in [0.15, 0.2) is 0 Å². The van der Waals surface area contributed by atoms with Crippen molar-refractivity contribution >= 4 is 17.7 Å². The van der Waals surface area contributed by atoms with Gasteiger partial charge in [0.2, 0.25) is 5.91 Å². The third kappa shape index (κ3) is 5.13. The highest BCUT2D eigenvalue weighted by Gasteiger charge is 2.08. The first-order chi connectivity index (χ1) is 8.13. The Bertz CT molecular complexity index is 368. The van der Waals surface area contributed by atoms with Gasteiger partial charge in [0.25, 0.3) is 0 Å². The van der Waals surface area contributed by atoms with Gasteiger partial charge in [0, 0.05) is 12.1 Å². The number of para-hydroxylation sites is 1. The van der Waals surface area contributed by atoms with Gasteiger partial charge in [0.05, 0.1) is 6.42 Å². The summed E-state index contributed by atoms with van der Waals surface area (Å²) < 4.78 is 0. The van der Waals surface area contributed by atoms with Gasteiger partial charge in [0.1, 0.15) is 5.75 Å². The molecule has 0 bridgehead atoms. The minimum Gasteiger partial charge on any atom is -0.508 e. The van der Waals surface area contributed by atoms with Crippen LogP contribution < -0.4 is 5.32 Å². The van der Waals surface area contributed by atoms with Crippen LogP contribution in [0.2, 0.25) is 0 Å². The fourth-order valence-corrected chi connectivity index (χ4v) is 2.21. The number of amides is 1. The number of carbonyl (C=O) groups is 1. The number of phenolic OH excluding ortho intramolecular Hbond substituents is 1. The first-order valence-corrected chi connectivity index (χ1v) is 7.05. The highest BCUT2D eigenvalue weighted by molar-refractivity contribution is 7.98. The van der Waals surface area contributed by atoms with Gasteiger partial charge in [-0.15, -0.1) is 0 Å². The van der Waals surface area contributed by atoms with E-state index in [9.17, 15) is 9.90 Å². The zero-order valence-electron chi connectivity index (χ0n) is 10.3. The maximum Gasteiger partial charge on any atom is 0.224 e. The first-order valence-electron chi connectivity index (χ1n) is 5.66. The number of benzene rings is 1. The smallest absolute Gasteiger partial charge is 0.224 e. The largest absolute Gasteiger partial charge is 0.508 e. The van der Waals surface area contributed by atoms with E-state index in [1.165, 1.54) is 0 Å². The molecule has 0 radical (unpaired) electrons. The number of aromatic hydroxyl groups is 1. The lowest BCUT2D eigenvalue weighted by Gasteiger charge is -2.11. The van der Waals surface area contributed by atoms with Gasteiger partial charge in [-0.1, -0.05) is 25.1 Å². The molecule has 1 rings (SSSR count). The molecule has 0 aliphatic heterocycles. The molecule has 17 heavy (non-hydrogen) atoms. The normalized spacial score (nSPS) is 12.1. The van der Waals surface area contributed by atoms with Crippen molar-refractivity contribution in [2.45, 2.75) is 13.3 Å². The highest BCUT2D eigenvalue weighted by atomic mass is 32.2. The summed E-state index contributed by atoms with van der Waals surface area (Å²) in [6, 6.07) is 6.93. The molecule has 1 unspecified atom stereocenters. The summed E-state index contributed by atoms with van der Waals surface area (Å²) in [7, 11) is 0. The molecule has 1 aromatic rings. The van der Waals surface area contributed by atoms with E-state index >= 15 is 0 Å². The van der Waals surface area contributed by atoms with Crippen molar-refractivity contribution in [2.75, 3.05) is 18.6 Å². The van der Waals surface area contributed by atoms with Crippen LogP contribution in [0.4, 0.5) is 0 Å². The lowest BCUT2D eigenvalue weighted by atomic mass is 10.1. The highest BCUT2D eigenvalue weighted by Crippen LogP contribution is 2.15. The molecule has 0 spiro atoms. The van der Waals surface area contributed by atoms with Gasteiger partial charge in [-0.25, -0.2) is 0 Å². The first kappa shape index (κ1) is 13.9. The minimum atomic E-state index is -0.0422. The maximum atomic E-state index is 11.6. The van der Waals surface area contributed by atoms with Crippen molar-refractivity contribution in [2.24, 2.45) is 5.92 Å². The van der Waals surface area contributed by atoms with Crippen molar-refractivity contribution in [3.8, 4) is 5.75 Å². The Morgan fingerprint density at radius 1 is 1.47 bits per heavy atom. The molecule has 3 nitrogen and oxygen atoms in total. The lowest BCUT2D eigenvalue weighted by molar-refractivity contribution is -0.120. The van der Waals surface area contributed by atoms with E-state index < -0.39 is 0 Å². The molecule has 0 saturated heterocycles. The lowest BCUT2D eigenvalue weighted by Crippen LogP contribution is -2.30. The second-order valence-electron chi connectivity index (χ2n) is 4.17. The summed E-state index contributed by atoms with van der Waals surface area (Å²) in [5, 5.41) is 12.4. The zero-order valence-corrected chi connectivity index (χ0v) is 11.1. The van der Waals surface area contributed by atoms with Crippen LogP contribution in [0.15, 0.2) is 24.3 Å². The van der Waals surface area contributed by atoms with Crippen LogP contribution in [-0.4, -0.2) is 29.6 Å². The number of phenols is 1. The van der Waals surface area contributed by atoms with Crippen molar-refractivity contribution in [1.29, 1.82) is 0 Å². The molecule has 0 heterocycles. The summed E-state index contributed by atoms with van der Waals surface area (Å²) in [6.07, 6.45) is 2.29. The average Bonchev–Trinajstić information content (AvgIpc) is 2.30. The Morgan fingerprint density at radius 3 is 2.82 bits per heavy atom. The van der Waals surface area contributed by atoms with E-state index in [0.29, 0.717) is 18.0 Å². The van der Waals surface area contributed by atoms with Crippen molar-refractivity contribution in [3.05, 3.63) is 29.8 Å². The van der Waals surface area contributed by atoms with Gasteiger partial charge in [-0.3, -0.25) is 4.79 Å². The third-order valence-corrected chi connectivity index (χ3v) is 3.34. The maximum absolute atomic E-state index is 11.6. The van der Waals surface area contributed by atoms with E-state index in [2.05, 4.69) is 18.5 Å². The van der Waals surface area contributed by atoms with Crippen LogP contribution in [0.3, 0.4) is 0 Å². The van der Waals surface area contributed by atoms with Gasteiger partial charge >= 0.3 is 0 Å². The summed E-state index contributed by atoms with van der Waals surface area (Å²) in [4.78, 5) is 11.6. The number of hydrogen-bond acceptors (Lipinski definition) is 3. The molecule has 4 heteroatoms. The summed E-state index contributed by atoms with van der Waals surface area (Å²) in [6.45, 7) is 2.80. The number of thioether (sulfide) groups is 1. The zero-order chi connectivity index (χ0) is 12.7. The molecule has 0 saturated carbocycles. The van der Waals surface area contributed by atoms with Crippen molar-refractivity contribution < 1.29 is 9.90 Å². The topological polar surface area (TPSA) is 49.3 Å². The van der Waals surface area contributed by atoms with Crippen LogP contribution in [-0.2, 0) is 11.2 Å². The molecule has 0 aliphatic carbocycles. The molecule has 0 aliphatic rings. The van der Waals surface area contributed by atoms with E-state index in [0.717, 1.165) is 5.75 Å². The van der Waals surface area contributed by atoms with E-state index in [1.54, 1.807) is 30.0 Å². The number of hydrogen-bond donors (Lipinski definition) is 2.